The van der Waals surface area contributed by atoms with Crippen LogP contribution in [-0.2, 0) is 6.54 Å². The van der Waals surface area contributed by atoms with Crippen LogP contribution in [0.1, 0.15) is 5.69 Å². The first-order valence-corrected chi connectivity index (χ1v) is 5.06. The number of rotatable bonds is 3. The lowest BCUT2D eigenvalue weighted by molar-refractivity contribution is 0.632. The standard InChI is InChI=1S/C12H14FN3/c1-16(8-9-4-3-7-15-9)11-6-2-5-10(13)12(11)14/h2-7,15H,8,14H2,1H3. The first-order chi connectivity index (χ1) is 7.68. The molecule has 2 aromatic rings. The van der Waals surface area contributed by atoms with Gasteiger partial charge < -0.3 is 15.6 Å². The Morgan fingerprint density at radius 1 is 1.31 bits per heavy atom. The molecule has 0 saturated carbocycles. The normalized spacial score (nSPS) is 10.4. The topological polar surface area (TPSA) is 45.0 Å². The molecular weight excluding hydrogens is 205 g/mol. The maximum Gasteiger partial charge on any atom is 0.148 e. The highest BCUT2D eigenvalue weighted by molar-refractivity contribution is 5.67. The average Bonchev–Trinajstić information content (AvgIpc) is 2.74. The Labute approximate surface area is 93.7 Å². The molecule has 16 heavy (non-hydrogen) atoms. The van der Waals surface area contributed by atoms with Gasteiger partial charge >= 0.3 is 0 Å². The van der Waals surface area contributed by atoms with Gasteiger partial charge in [-0.15, -0.1) is 0 Å². The van der Waals surface area contributed by atoms with Crippen molar-refractivity contribution in [3.63, 3.8) is 0 Å². The zero-order valence-corrected chi connectivity index (χ0v) is 9.07. The second-order valence-corrected chi connectivity index (χ2v) is 3.72. The monoisotopic (exact) mass is 219 g/mol. The van der Waals surface area contributed by atoms with Gasteiger partial charge in [-0.1, -0.05) is 6.07 Å². The summed E-state index contributed by atoms with van der Waals surface area (Å²) in [5.41, 5.74) is 7.64. The van der Waals surface area contributed by atoms with Crippen molar-refractivity contribution in [3.05, 3.63) is 48.0 Å². The van der Waals surface area contributed by atoms with Crippen LogP contribution in [-0.4, -0.2) is 12.0 Å². The van der Waals surface area contributed by atoms with E-state index in [-0.39, 0.29) is 11.5 Å². The van der Waals surface area contributed by atoms with E-state index in [2.05, 4.69) is 4.98 Å². The Hall–Kier alpha value is -1.97. The summed E-state index contributed by atoms with van der Waals surface area (Å²) >= 11 is 0. The number of H-pyrrole nitrogens is 1. The summed E-state index contributed by atoms with van der Waals surface area (Å²) in [5.74, 6) is -0.379. The molecule has 84 valence electrons. The number of para-hydroxylation sites is 1. The van der Waals surface area contributed by atoms with Crippen LogP contribution in [0.25, 0.3) is 0 Å². The summed E-state index contributed by atoms with van der Waals surface area (Å²) in [6, 6.07) is 8.74. The number of anilines is 2. The van der Waals surface area contributed by atoms with Crippen molar-refractivity contribution in [3.8, 4) is 0 Å². The van der Waals surface area contributed by atoms with E-state index in [1.807, 2.05) is 30.3 Å². The SMILES string of the molecule is CN(Cc1ccc[nH]1)c1cccc(F)c1N. The van der Waals surface area contributed by atoms with Crippen molar-refractivity contribution in [1.29, 1.82) is 0 Å². The Morgan fingerprint density at radius 3 is 2.81 bits per heavy atom. The van der Waals surface area contributed by atoms with E-state index in [1.165, 1.54) is 6.07 Å². The first-order valence-electron chi connectivity index (χ1n) is 5.06. The summed E-state index contributed by atoms with van der Waals surface area (Å²) in [6.07, 6.45) is 1.86. The minimum Gasteiger partial charge on any atom is -0.395 e. The number of nitrogens with two attached hydrogens (primary N) is 1. The number of halogens is 1. The lowest BCUT2D eigenvalue weighted by atomic mass is 10.2. The molecule has 3 nitrogen and oxygen atoms in total. The first kappa shape index (κ1) is 10.5. The Morgan fingerprint density at radius 2 is 2.12 bits per heavy atom. The molecule has 0 fully saturated rings. The smallest absolute Gasteiger partial charge is 0.148 e. The molecule has 0 bridgehead atoms. The van der Waals surface area contributed by atoms with Gasteiger partial charge in [0.15, 0.2) is 0 Å². The van der Waals surface area contributed by atoms with E-state index in [4.69, 9.17) is 5.73 Å². The molecule has 3 N–H and O–H groups in total. The number of nitrogens with zero attached hydrogens (tertiary/aromatic N) is 1. The van der Waals surface area contributed by atoms with Crippen LogP contribution in [0.2, 0.25) is 0 Å². The molecule has 0 unspecified atom stereocenters. The lowest BCUT2D eigenvalue weighted by Crippen LogP contribution is -2.18. The van der Waals surface area contributed by atoms with Crippen molar-refractivity contribution >= 4 is 11.4 Å². The Kier molecular flexibility index (Phi) is 2.81. The molecule has 0 atom stereocenters. The highest BCUT2D eigenvalue weighted by atomic mass is 19.1. The Balaban J connectivity index is 2.21. The maximum absolute atomic E-state index is 13.3. The van der Waals surface area contributed by atoms with Crippen LogP contribution in [0.15, 0.2) is 36.5 Å². The summed E-state index contributed by atoms with van der Waals surface area (Å²) in [7, 11) is 1.88. The maximum atomic E-state index is 13.3. The molecule has 4 heteroatoms. The van der Waals surface area contributed by atoms with Gasteiger partial charge in [-0.3, -0.25) is 0 Å². The summed E-state index contributed by atoms with van der Waals surface area (Å²) < 4.78 is 13.3. The van der Waals surface area contributed by atoms with E-state index in [1.54, 1.807) is 12.1 Å². The van der Waals surface area contributed by atoms with Crippen LogP contribution in [0, 0.1) is 5.82 Å². The predicted octanol–water partition coefficient (Wildman–Crippen LogP) is 2.37. The molecule has 1 aromatic heterocycles. The highest BCUT2D eigenvalue weighted by Crippen LogP contribution is 2.25. The molecule has 0 spiro atoms. The molecule has 1 aromatic carbocycles. The molecular formula is C12H14FN3. The van der Waals surface area contributed by atoms with E-state index in [0.717, 1.165) is 5.69 Å². The summed E-state index contributed by atoms with van der Waals surface area (Å²) in [5, 5.41) is 0. The fourth-order valence-corrected chi connectivity index (χ4v) is 1.67. The number of aromatic amines is 1. The fourth-order valence-electron chi connectivity index (χ4n) is 1.67. The lowest BCUT2D eigenvalue weighted by Gasteiger charge is -2.20. The largest absolute Gasteiger partial charge is 0.395 e. The third-order valence-electron chi connectivity index (χ3n) is 2.51. The van der Waals surface area contributed by atoms with Crippen LogP contribution in [0.5, 0.6) is 0 Å². The van der Waals surface area contributed by atoms with Gasteiger partial charge in [0.25, 0.3) is 0 Å². The van der Waals surface area contributed by atoms with Crippen LogP contribution < -0.4 is 10.6 Å². The fraction of sp³-hybridized carbons (Fsp3) is 0.167. The zero-order valence-electron chi connectivity index (χ0n) is 9.07. The third kappa shape index (κ3) is 2.00. The number of hydrogen-bond donors (Lipinski definition) is 2. The van der Waals surface area contributed by atoms with Crippen LogP contribution >= 0.6 is 0 Å². The molecule has 1 heterocycles. The molecule has 0 aliphatic carbocycles. The van der Waals surface area contributed by atoms with Crippen LogP contribution in [0.4, 0.5) is 15.8 Å². The second kappa shape index (κ2) is 4.26. The van der Waals surface area contributed by atoms with Gasteiger partial charge in [0.05, 0.1) is 17.9 Å². The van der Waals surface area contributed by atoms with Crippen molar-refractivity contribution in [2.75, 3.05) is 17.7 Å². The number of aromatic nitrogens is 1. The highest BCUT2D eigenvalue weighted by Gasteiger charge is 2.09. The second-order valence-electron chi connectivity index (χ2n) is 3.72. The van der Waals surface area contributed by atoms with Gasteiger partial charge in [-0.25, -0.2) is 4.39 Å². The minimum absolute atomic E-state index is 0.191. The average molecular weight is 219 g/mol. The van der Waals surface area contributed by atoms with Crippen molar-refractivity contribution < 1.29 is 4.39 Å². The number of hydrogen-bond acceptors (Lipinski definition) is 2. The van der Waals surface area contributed by atoms with E-state index in [0.29, 0.717) is 12.2 Å². The minimum atomic E-state index is -0.379. The van der Waals surface area contributed by atoms with E-state index >= 15 is 0 Å². The van der Waals surface area contributed by atoms with Crippen molar-refractivity contribution in [2.45, 2.75) is 6.54 Å². The summed E-state index contributed by atoms with van der Waals surface area (Å²) in [4.78, 5) is 5.00. The van der Waals surface area contributed by atoms with Gasteiger partial charge in [-0.05, 0) is 24.3 Å². The third-order valence-corrected chi connectivity index (χ3v) is 2.51. The molecule has 2 rings (SSSR count). The summed E-state index contributed by atoms with van der Waals surface area (Å²) in [6.45, 7) is 0.667. The van der Waals surface area contributed by atoms with Crippen molar-refractivity contribution in [1.82, 2.24) is 4.98 Å². The number of nitrogen functional groups attached to an aromatic ring is 1. The Bertz CT molecular complexity index is 465. The van der Waals surface area contributed by atoms with Crippen molar-refractivity contribution in [2.24, 2.45) is 0 Å². The van der Waals surface area contributed by atoms with Gasteiger partial charge in [0.2, 0.25) is 0 Å². The molecule has 0 saturated heterocycles. The molecule has 0 aliphatic heterocycles. The predicted molar refractivity (Wildman–Crippen MR) is 63.7 cm³/mol. The number of nitrogens with one attached hydrogen (secondary N) is 1. The zero-order chi connectivity index (χ0) is 11.5. The van der Waals surface area contributed by atoms with E-state index in [9.17, 15) is 4.39 Å². The quantitative estimate of drug-likeness (QED) is 0.778. The van der Waals surface area contributed by atoms with Crippen LogP contribution in [0.3, 0.4) is 0 Å². The van der Waals surface area contributed by atoms with Gasteiger partial charge in [0, 0.05) is 18.9 Å². The molecule has 0 aliphatic rings. The number of benzene rings is 1. The van der Waals surface area contributed by atoms with Gasteiger partial charge in [-0.2, -0.15) is 0 Å². The molecule has 0 amide bonds. The molecule has 0 radical (unpaired) electrons. The van der Waals surface area contributed by atoms with Gasteiger partial charge in [0.1, 0.15) is 5.82 Å². The van der Waals surface area contributed by atoms with E-state index < -0.39 is 0 Å².